The van der Waals surface area contributed by atoms with Crippen molar-refractivity contribution in [2.45, 2.75) is 0 Å². The lowest BCUT2D eigenvalue weighted by Gasteiger charge is -2.05. The lowest BCUT2D eigenvalue weighted by Crippen LogP contribution is -1.95. The SMILES string of the molecule is CN/N=C/c1cc(Br)c(O)c(Br)c1O. The second kappa shape index (κ2) is 4.65. The van der Waals surface area contributed by atoms with Gasteiger partial charge >= 0.3 is 0 Å². The third kappa shape index (κ3) is 2.19. The smallest absolute Gasteiger partial charge is 0.147 e. The number of hydrazone groups is 1. The van der Waals surface area contributed by atoms with Crippen LogP contribution in [-0.2, 0) is 0 Å². The molecule has 0 saturated heterocycles. The van der Waals surface area contributed by atoms with Gasteiger partial charge in [0.05, 0.1) is 10.7 Å². The van der Waals surface area contributed by atoms with E-state index in [1.165, 1.54) is 6.21 Å². The average Bonchev–Trinajstić information content (AvgIpc) is 2.18. The number of phenols is 2. The molecule has 6 heteroatoms. The third-order valence-corrected chi connectivity index (χ3v) is 2.89. The molecule has 0 spiro atoms. The Labute approximate surface area is 97.9 Å². The first-order chi connectivity index (χ1) is 6.57. The zero-order valence-corrected chi connectivity index (χ0v) is 10.4. The first-order valence-corrected chi connectivity index (χ1v) is 5.26. The van der Waals surface area contributed by atoms with Crippen molar-refractivity contribution in [2.24, 2.45) is 5.10 Å². The minimum Gasteiger partial charge on any atom is -0.506 e. The van der Waals surface area contributed by atoms with E-state index in [0.29, 0.717) is 10.0 Å². The van der Waals surface area contributed by atoms with Crippen LogP contribution in [0.4, 0.5) is 0 Å². The molecule has 76 valence electrons. The van der Waals surface area contributed by atoms with Gasteiger partial charge in [-0.05, 0) is 37.9 Å². The van der Waals surface area contributed by atoms with Crippen molar-refractivity contribution in [1.82, 2.24) is 5.43 Å². The number of benzene rings is 1. The first kappa shape index (κ1) is 11.3. The van der Waals surface area contributed by atoms with E-state index in [1.807, 2.05) is 0 Å². The summed E-state index contributed by atoms with van der Waals surface area (Å²) in [7, 11) is 1.65. The van der Waals surface area contributed by atoms with Crippen LogP contribution in [0.25, 0.3) is 0 Å². The van der Waals surface area contributed by atoms with Crippen LogP contribution in [0, 0.1) is 0 Å². The second-order valence-corrected chi connectivity index (χ2v) is 4.09. The van der Waals surface area contributed by atoms with Crippen molar-refractivity contribution in [3.8, 4) is 11.5 Å². The maximum atomic E-state index is 9.58. The molecule has 0 aliphatic heterocycles. The standard InChI is InChI=1S/C8H8Br2N2O2/c1-11-12-3-4-2-5(9)8(14)6(10)7(4)13/h2-3,11,13-14H,1H3/b12-3+. The molecule has 1 aromatic rings. The zero-order chi connectivity index (χ0) is 10.7. The average molecular weight is 324 g/mol. The molecular weight excluding hydrogens is 316 g/mol. The minimum atomic E-state index is -0.0512. The Balaban J connectivity index is 3.26. The van der Waals surface area contributed by atoms with Gasteiger partial charge in [0, 0.05) is 12.6 Å². The molecule has 1 aromatic carbocycles. The van der Waals surface area contributed by atoms with Gasteiger partial charge in [-0.25, -0.2) is 0 Å². The molecule has 0 saturated carbocycles. The summed E-state index contributed by atoms with van der Waals surface area (Å²) in [6.45, 7) is 0. The van der Waals surface area contributed by atoms with Gasteiger partial charge < -0.3 is 15.6 Å². The highest BCUT2D eigenvalue weighted by atomic mass is 79.9. The van der Waals surface area contributed by atoms with Crippen LogP contribution in [0.1, 0.15) is 5.56 Å². The van der Waals surface area contributed by atoms with Gasteiger partial charge in [-0.15, -0.1) is 0 Å². The normalized spacial score (nSPS) is 10.8. The molecule has 0 bridgehead atoms. The van der Waals surface area contributed by atoms with Gasteiger partial charge in [0.1, 0.15) is 16.0 Å². The number of nitrogens with one attached hydrogen (secondary N) is 1. The number of nitrogens with zero attached hydrogens (tertiary/aromatic N) is 1. The summed E-state index contributed by atoms with van der Waals surface area (Å²) in [5, 5.41) is 22.8. The van der Waals surface area contributed by atoms with Gasteiger partial charge in [-0.3, -0.25) is 0 Å². The third-order valence-electron chi connectivity index (χ3n) is 1.53. The number of hydrogen-bond acceptors (Lipinski definition) is 4. The van der Waals surface area contributed by atoms with E-state index in [9.17, 15) is 10.2 Å². The van der Waals surface area contributed by atoms with Crippen molar-refractivity contribution in [1.29, 1.82) is 0 Å². The van der Waals surface area contributed by atoms with Gasteiger partial charge in [0.15, 0.2) is 0 Å². The van der Waals surface area contributed by atoms with Crippen LogP contribution < -0.4 is 5.43 Å². The van der Waals surface area contributed by atoms with E-state index < -0.39 is 0 Å². The predicted molar refractivity (Wildman–Crippen MR) is 61.8 cm³/mol. The molecule has 4 nitrogen and oxygen atoms in total. The first-order valence-electron chi connectivity index (χ1n) is 3.67. The van der Waals surface area contributed by atoms with E-state index in [2.05, 4.69) is 42.4 Å². The van der Waals surface area contributed by atoms with Crippen LogP contribution in [-0.4, -0.2) is 23.5 Å². The summed E-state index contributed by atoms with van der Waals surface area (Å²) >= 11 is 6.21. The molecule has 14 heavy (non-hydrogen) atoms. The van der Waals surface area contributed by atoms with Gasteiger partial charge in [0.2, 0.25) is 0 Å². The molecule has 0 amide bonds. The van der Waals surface area contributed by atoms with Crippen LogP contribution in [0.5, 0.6) is 11.5 Å². The molecule has 3 N–H and O–H groups in total. The summed E-state index contributed by atoms with van der Waals surface area (Å²) < 4.78 is 0.726. The molecule has 0 unspecified atom stereocenters. The molecule has 0 atom stereocenters. The minimum absolute atomic E-state index is 0.0379. The number of rotatable bonds is 2. The van der Waals surface area contributed by atoms with Crippen LogP contribution in [0.3, 0.4) is 0 Å². The Hall–Kier alpha value is -0.750. The summed E-state index contributed by atoms with van der Waals surface area (Å²) in [6, 6.07) is 1.57. The quantitative estimate of drug-likeness (QED) is 0.577. The maximum Gasteiger partial charge on any atom is 0.147 e. The number of hydrogen-bond donors (Lipinski definition) is 3. The Kier molecular flexibility index (Phi) is 3.77. The number of phenolic OH excluding ortho intramolecular Hbond substituents is 2. The molecule has 1 rings (SSSR count). The second-order valence-electron chi connectivity index (χ2n) is 2.44. The zero-order valence-electron chi connectivity index (χ0n) is 7.25. The van der Waals surface area contributed by atoms with Crippen molar-refractivity contribution < 1.29 is 10.2 Å². The number of halogens is 2. The Morgan fingerprint density at radius 1 is 1.36 bits per heavy atom. The Bertz CT molecular complexity index is 380. The molecular formula is C8H8Br2N2O2. The van der Waals surface area contributed by atoms with Gasteiger partial charge in [-0.1, -0.05) is 0 Å². The summed E-state index contributed by atoms with van der Waals surface area (Å²) in [5.74, 6) is -0.0891. The fraction of sp³-hybridized carbons (Fsp3) is 0.125. The van der Waals surface area contributed by atoms with E-state index in [-0.39, 0.29) is 16.0 Å². The molecule has 0 aromatic heterocycles. The van der Waals surface area contributed by atoms with E-state index in [1.54, 1.807) is 13.1 Å². The lowest BCUT2D eigenvalue weighted by molar-refractivity contribution is 0.441. The Morgan fingerprint density at radius 3 is 2.57 bits per heavy atom. The molecule has 0 fully saturated rings. The summed E-state index contributed by atoms with van der Waals surface area (Å²) in [6.07, 6.45) is 1.45. The van der Waals surface area contributed by atoms with Crippen LogP contribution in [0.2, 0.25) is 0 Å². The van der Waals surface area contributed by atoms with Crippen molar-refractivity contribution in [3.63, 3.8) is 0 Å². The Morgan fingerprint density at radius 2 is 2.00 bits per heavy atom. The molecule has 0 aliphatic carbocycles. The van der Waals surface area contributed by atoms with Gasteiger partial charge in [0.25, 0.3) is 0 Å². The largest absolute Gasteiger partial charge is 0.506 e. The van der Waals surface area contributed by atoms with E-state index in [0.717, 1.165) is 0 Å². The number of aromatic hydroxyl groups is 2. The molecule has 0 heterocycles. The monoisotopic (exact) mass is 322 g/mol. The maximum absolute atomic E-state index is 9.58. The highest BCUT2D eigenvalue weighted by Crippen LogP contribution is 2.40. The highest BCUT2D eigenvalue weighted by molar-refractivity contribution is 9.11. The summed E-state index contributed by atoms with van der Waals surface area (Å²) in [4.78, 5) is 0. The fourth-order valence-electron chi connectivity index (χ4n) is 0.849. The lowest BCUT2D eigenvalue weighted by atomic mass is 10.2. The fourth-order valence-corrected chi connectivity index (χ4v) is 2.00. The molecule has 0 aliphatic rings. The summed E-state index contributed by atoms with van der Waals surface area (Å²) in [5.41, 5.74) is 3.06. The van der Waals surface area contributed by atoms with Crippen LogP contribution >= 0.6 is 31.9 Å². The van der Waals surface area contributed by atoms with Gasteiger partial charge in [-0.2, -0.15) is 5.10 Å². The van der Waals surface area contributed by atoms with Crippen molar-refractivity contribution in [3.05, 3.63) is 20.6 Å². The highest BCUT2D eigenvalue weighted by Gasteiger charge is 2.12. The van der Waals surface area contributed by atoms with E-state index in [4.69, 9.17) is 0 Å². The predicted octanol–water partition coefficient (Wildman–Crippen LogP) is 2.18. The topological polar surface area (TPSA) is 64.9 Å². The van der Waals surface area contributed by atoms with Crippen LogP contribution in [0.15, 0.2) is 20.1 Å². The van der Waals surface area contributed by atoms with Crippen molar-refractivity contribution >= 4 is 38.1 Å². The van der Waals surface area contributed by atoms with E-state index >= 15 is 0 Å². The van der Waals surface area contributed by atoms with Crippen molar-refractivity contribution in [2.75, 3.05) is 7.05 Å². The molecule has 0 radical (unpaired) electrons.